The maximum absolute atomic E-state index is 13.5. The number of halogens is 4. The van der Waals surface area contributed by atoms with Crippen LogP contribution in [0.25, 0.3) is 5.69 Å². The molecule has 1 atom stereocenters. The second kappa shape index (κ2) is 12.0. The van der Waals surface area contributed by atoms with Gasteiger partial charge in [-0.05, 0) is 30.2 Å². The van der Waals surface area contributed by atoms with E-state index < -0.39 is 36.5 Å². The van der Waals surface area contributed by atoms with Crippen molar-refractivity contribution in [2.24, 2.45) is 5.73 Å². The van der Waals surface area contributed by atoms with E-state index in [2.05, 4.69) is 5.10 Å². The van der Waals surface area contributed by atoms with Crippen molar-refractivity contribution in [3.63, 3.8) is 0 Å². The van der Waals surface area contributed by atoms with Crippen LogP contribution in [0, 0.1) is 12.7 Å². The Hall–Kier alpha value is -3.93. The number of benzene rings is 2. The molecule has 0 aliphatic rings. The number of aromatic nitrogens is 2. The molecule has 1 aromatic heterocycles. The fourth-order valence-corrected chi connectivity index (χ4v) is 2.99. The molecule has 3 rings (SSSR count). The van der Waals surface area contributed by atoms with Crippen molar-refractivity contribution in [1.82, 2.24) is 15.1 Å². The van der Waals surface area contributed by atoms with Gasteiger partial charge in [0.05, 0.1) is 7.11 Å². The van der Waals surface area contributed by atoms with Gasteiger partial charge < -0.3 is 20.9 Å². The molecule has 0 saturated carbocycles. The third kappa shape index (κ3) is 8.10. The molecule has 0 aliphatic carbocycles. The Morgan fingerprint density at radius 2 is 1.80 bits per heavy atom. The van der Waals surface area contributed by atoms with E-state index in [1.165, 1.54) is 31.4 Å². The van der Waals surface area contributed by atoms with Crippen LogP contribution in [0.5, 0.6) is 5.88 Å². The molecule has 0 bridgehead atoms. The SMILES string of the molecule is COc1cc(C(=O)O)nn1-c1ccccc1F.Cc1ccccc1[C@@H](N)CC(=O)NCC(F)(F)F. The molecule has 0 radical (unpaired) electrons. The maximum atomic E-state index is 13.5. The van der Waals surface area contributed by atoms with Gasteiger partial charge in [0.1, 0.15) is 18.0 Å². The van der Waals surface area contributed by atoms with Crippen LogP contribution in [0.3, 0.4) is 0 Å². The number of hydrogen-bond acceptors (Lipinski definition) is 5. The van der Waals surface area contributed by atoms with Gasteiger partial charge in [0, 0.05) is 18.5 Å². The number of nitrogens with zero attached hydrogens (tertiary/aromatic N) is 2. The van der Waals surface area contributed by atoms with Gasteiger partial charge in [-0.15, -0.1) is 0 Å². The van der Waals surface area contributed by atoms with Crippen LogP contribution in [-0.2, 0) is 4.79 Å². The summed E-state index contributed by atoms with van der Waals surface area (Å²) in [5.41, 5.74) is 7.40. The molecule has 8 nitrogen and oxygen atoms in total. The summed E-state index contributed by atoms with van der Waals surface area (Å²) in [6.07, 6.45) is -4.57. The molecule has 1 amide bonds. The van der Waals surface area contributed by atoms with Gasteiger partial charge in [0.15, 0.2) is 5.69 Å². The fraction of sp³-hybridized carbons (Fsp3) is 0.261. The van der Waals surface area contributed by atoms with E-state index in [0.29, 0.717) is 0 Å². The zero-order valence-electron chi connectivity index (χ0n) is 18.8. The number of methoxy groups -OCH3 is 1. The average Bonchev–Trinajstić information content (AvgIpc) is 3.23. The first-order chi connectivity index (χ1) is 16.4. The normalized spacial score (nSPS) is 11.7. The summed E-state index contributed by atoms with van der Waals surface area (Å²) in [6.45, 7) is 0.509. The summed E-state index contributed by atoms with van der Waals surface area (Å²) in [5.74, 6) is -2.25. The van der Waals surface area contributed by atoms with Crippen molar-refractivity contribution >= 4 is 11.9 Å². The lowest BCUT2D eigenvalue weighted by Crippen LogP contribution is -2.35. The number of carboxylic acids is 1. The molecule has 4 N–H and O–H groups in total. The van der Waals surface area contributed by atoms with Gasteiger partial charge in [-0.25, -0.2) is 9.18 Å². The number of hydrogen-bond donors (Lipinski definition) is 3. The van der Waals surface area contributed by atoms with E-state index in [0.717, 1.165) is 15.8 Å². The van der Waals surface area contributed by atoms with Crippen LogP contribution in [0.15, 0.2) is 54.6 Å². The quantitative estimate of drug-likeness (QED) is 0.429. The standard InChI is InChI=1S/C12H15F3N2O.C11H9FN2O3/c1-8-4-2-3-5-9(8)10(16)6-11(18)17-7-12(13,14)15;1-17-10-6-8(11(15)16)13-14(10)9-5-3-2-4-7(9)12/h2-5,10H,6-7,16H2,1H3,(H,17,18);2-6H,1H3,(H,15,16)/t10-;/m0./s1. The van der Waals surface area contributed by atoms with Gasteiger partial charge in [-0.1, -0.05) is 36.4 Å². The number of carboxylic acid groups (broad SMARTS) is 1. The van der Waals surface area contributed by atoms with Crippen LogP contribution in [0.2, 0.25) is 0 Å². The summed E-state index contributed by atoms with van der Waals surface area (Å²) < 4.78 is 55.3. The number of alkyl halides is 3. The molecule has 1 heterocycles. The Balaban J connectivity index is 0.000000247. The molecule has 0 fully saturated rings. The average molecular weight is 496 g/mol. The molecular formula is C23H24F4N4O4. The van der Waals surface area contributed by atoms with Crippen molar-refractivity contribution in [3.05, 3.63) is 77.2 Å². The Kier molecular flexibility index (Phi) is 9.34. The Labute approximate surface area is 198 Å². The Morgan fingerprint density at radius 1 is 1.17 bits per heavy atom. The van der Waals surface area contributed by atoms with E-state index in [9.17, 15) is 27.2 Å². The predicted octanol–water partition coefficient (Wildman–Crippen LogP) is 3.78. The lowest BCUT2D eigenvalue weighted by atomic mass is 9.99. The summed E-state index contributed by atoms with van der Waals surface area (Å²) in [6, 6.07) is 13.7. The van der Waals surface area contributed by atoms with E-state index in [4.69, 9.17) is 15.6 Å². The Morgan fingerprint density at radius 3 is 2.37 bits per heavy atom. The highest BCUT2D eigenvalue weighted by molar-refractivity contribution is 5.85. The number of rotatable bonds is 7. The van der Waals surface area contributed by atoms with Crippen molar-refractivity contribution in [2.75, 3.05) is 13.7 Å². The highest BCUT2D eigenvalue weighted by Gasteiger charge is 2.28. The van der Waals surface area contributed by atoms with Crippen molar-refractivity contribution in [3.8, 4) is 11.6 Å². The number of carbonyl (C=O) groups is 2. The number of para-hydroxylation sites is 1. The maximum Gasteiger partial charge on any atom is 0.405 e. The lowest BCUT2D eigenvalue weighted by Gasteiger charge is -2.15. The fourth-order valence-electron chi connectivity index (χ4n) is 2.99. The second-order valence-corrected chi connectivity index (χ2v) is 7.30. The number of nitrogens with two attached hydrogens (primary N) is 1. The minimum absolute atomic E-state index is 0.136. The molecule has 0 unspecified atom stereocenters. The zero-order valence-corrected chi connectivity index (χ0v) is 18.8. The molecule has 3 aromatic rings. The summed E-state index contributed by atoms with van der Waals surface area (Å²) in [4.78, 5) is 22.1. The number of amides is 1. The third-order valence-corrected chi connectivity index (χ3v) is 4.66. The lowest BCUT2D eigenvalue weighted by molar-refractivity contribution is -0.138. The van der Waals surface area contributed by atoms with Gasteiger partial charge in [0.25, 0.3) is 0 Å². The first-order valence-electron chi connectivity index (χ1n) is 10.2. The van der Waals surface area contributed by atoms with Crippen LogP contribution in [0.1, 0.15) is 34.1 Å². The van der Waals surface area contributed by atoms with Gasteiger partial charge in [-0.3, -0.25) is 4.79 Å². The minimum atomic E-state index is -4.40. The first-order valence-corrected chi connectivity index (χ1v) is 10.2. The smallest absolute Gasteiger partial charge is 0.405 e. The van der Waals surface area contributed by atoms with Gasteiger partial charge in [0.2, 0.25) is 11.8 Å². The van der Waals surface area contributed by atoms with Crippen LogP contribution < -0.4 is 15.8 Å². The minimum Gasteiger partial charge on any atom is -0.481 e. The third-order valence-electron chi connectivity index (χ3n) is 4.66. The summed E-state index contributed by atoms with van der Waals surface area (Å²) in [7, 11) is 1.36. The molecule has 2 aromatic carbocycles. The number of nitrogens with one attached hydrogen (secondary N) is 1. The molecule has 188 valence electrons. The van der Waals surface area contributed by atoms with Crippen molar-refractivity contribution < 1.29 is 37.0 Å². The topological polar surface area (TPSA) is 119 Å². The second-order valence-electron chi connectivity index (χ2n) is 7.30. The van der Waals surface area contributed by atoms with E-state index in [1.54, 1.807) is 23.5 Å². The highest BCUT2D eigenvalue weighted by Crippen LogP contribution is 2.21. The molecule has 0 aliphatic heterocycles. The van der Waals surface area contributed by atoms with Gasteiger partial charge >= 0.3 is 12.1 Å². The first kappa shape index (κ1) is 27.3. The van der Waals surface area contributed by atoms with E-state index >= 15 is 0 Å². The molecular weight excluding hydrogens is 472 g/mol. The zero-order chi connectivity index (χ0) is 26.2. The van der Waals surface area contributed by atoms with E-state index in [1.807, 2.05) is 19.1 Å². The van der Waals surface area contributed by atoms with Crippen LogP contribution >= 0.6 is 0 Å². The summed E-state index contributed by atoms with van der Waals surface area (Å²) >= 11 is 0. The van der Waals surface area contributed by atoms with Gasteiger partial charge in [-0.2, -0.15) is 23.0 Å². The number of carbonyl (C=O) groups excluding carboxylic acids is 1. The molecule has 35 heavy (non-hydrogen) atoms. The number of aryl methyl sites for hydroxylation is 1. The highest BCUT2D eigenvalue weighted by atomic mass is 19.4. The molecule has 12 heteroatoms. The Bertz CT molecular complexity index is 1160. The molecule has 0 spiro atoms. The largest absolute Gasteiger partial charge is 0.481 e. The van der Waals surface area contributed by atoms with Crippen LogP contribution in [0.4, 0.5) is 17.6 Å². The summed E-state index contributed by atoms with van der Waals surface area (Å²) in [5, 5.41) is 14.4. The monoisotopic (exact) mass is 496 g/mol. The number of aromatic carboxylic acids is 1. The van der Waals surface area contributed by atoms with E-state index in [-0.39, 0.29) is 23.7 Å². The predicted molar refractivity (Wildman–Crippen MR) is 119 cm³/mol. The van der Waals surface area contributed by atoms with Crippen molar-refractivity contribution in [1.29, 1.82) is 0 Å². The van der Waals surface area contributed by atoms with Crippen molar-refractivity contribution in [2.45, 2.75) is 25.6 Å². The van der Waals surface area contributed by atoms with Crippen LogP contribution in [-0.4, -0.2) is 46.6 Å². The molecule has 0 saturated heterocycles. The number of ether oxygens (including phenoxy) is 1.